The molecule has 0 saturated heterocycles. The van der Waals surface area contributed by atoms with Crippen molar-refractivity contribution in [1.29, 1.82) is 0 Å². The molecule has 0 aliphatic heterocycles. The van der Waals surface area contributed by atoms with Crippen molar-refractivity contribution in [2.24, 2.45) is 0 Å². The zero-order valence-corrected chi connectivity index (χ0v) is 15.4. The van der Waals surface area contributed by atoms with Gasteiger partial charge in [0.2, 0.25) is 0 Å². The number of carbonyl (C=O) groups excluding carboxylic acids is 1. The van der Waals surface area contributed by atoms with Gasteiger partial charge in [0.05, 0.1) is 15.1 Å². The highest BCUT2D eigenvalue weighted by molar-refractivity contribution is 7.90. The summed E-state index contributed by atoms with van der Waals surface area (Å²) >= 11 is 13.0. The predicted molar refractivity (Wildman–Crippen MR) is 97.1 cm³/mol. The molecule has 0 saturated carbocycles. The molecule has 1 amide bonds. The van der Waals surface area contributed by atoms with Gasteiger partial charge < -0.3 is 0 Å². The predicted octanol–water partition coefficient (Wildman–Crippen LogP) is 4.26. The van der Waals surface area contributed by atoms with Crippen molar-refractivity contribution in [3.8, 4) is 0 Å². The Balaban J connectivity index is 1.91. The zero-order chi connectivity index (χ0) is 17.5. The summed E-state index contributed by atoms with van der Waals surface area (Å²) in [7, 11) is -3.30. The van der Waals surface area contributed by atoms with E-state index >= 15 is 0 Å². The summed E-state index contributed by atoms with van der Waals surface area (Å²) in [6.07, 6.45) is 1.14. The van der Waals surface area contributed by atoms with Gasteiger partial charge in [0, 0.05) is 21.9 Å². The molecule has 1 N–H and O–H groups in total. The van der Waals surface area contributed by atoms with E-state index in [0.717, 1.165) is 6.26 Å². The summed E-state index contributed by atoms with van der Waals surface area (Å²) in [6, 6.07) is 9.15. The summed E-state index contributed by atoms with van der Waals surface area (Å²) in [5.41, 5.74) is 0.912. The molecule has 0 aliphatic carbocycles. The Bertz CT molecular complexity index is 1040. The first-order valence-corrected chi connectivity index (χ1v) is 10.1. The third-order valence-corrected chi connectivity index (χ3v) is 5.61. The number of halogens is 2. The van der Waals surface area contributed by atoms with Crippen molar-refractivity contribution in [2.45, 2.75) is 4.90 Å². The highest BCUT2D eigenvalue weighted by Crippen LogP contribution is 2.29. The van der Waals surface area contributed by atoms with Gasteiger partial charge in [0.25, 0.3) is 5.91 Å². The molecule has 24 heavy (non-hydrogen) atoms. The number of hydrogen-bond donors (Lipinski definition) is 1. The number of fused-ring (bicyclic) bond motifs is 1. The molecule has 1 aromatic heterocycles. The lowest BCUT2D eigenvalue weighted by Gasteiger charge is -2.02. The minimum atomic E-state index is -3.30. The van der Waals surface area contributed by atoms with Crippen LogP contribution in [0.4, 0.5) is 5.13 Å². The molecule has 1 heterocycles. The number of sulfone groups is 1. The van der Waals surface area contributed by atoms with Crippen molar-refractivity contribution in [1.82, 2.24) is 4.98 Å². The van der Waals surface area contributed by atoms with Gasteiger partial charge in [-0.15, -0.1) is 0 Å². The van der Waals surface area contributed by atoms with Gasteiger partial charge in [-0.05, 0) is 36.4 Å². The fraction of sp³-hybridized carbons (Fsp3) is 0.0667. The topological polar surface area (TPSA) is 76.1 Å². The van der Waals surface area contributed by atoms with E-state index < -0.39 is 15.7 Å². The first kappa shape index (κ1) is 17.2. The number of thiazole rings is 1. The average Bonchev–Trinajstić information content (AvgIpc) is 2.86. The smallest absolute Gasteiger partial charge is 0.257 e. The Morgan fingerprint density at radius 3 is 2.42 bits per heavy atom. The number of hydrogen-bond acceptors (Lipinski definition) is 5. The lowest BCUT2D eigenvalue weighted by atomic mass is 10.2. The Kier molecular flexibility index (Phi) is 4.52. The summed E-state index contributed by atoms with van der Waals surface area (Å²) in [5.74, 6) is -0.401. The fourth-order valence-electron chi connectivity index (χ4n) is 2.04. The molecular weight excluding hydrogens is 391 g/mol. The molecule has 0 aliphatic rings. The van der Waals surface area contributed by atoms with Crippen LogP contribution in [-0.2, 0) is 9.84 Å². The molecular formula is C15H10Cl2N2O3S2. The highest BCUT2D eigenvalue weighted by Gasteiger charge is 2.13. The molecule has 3 rings (SSSR count). The lowest BCUT2D eigenvalue weighted by molar-refractivity contribution is 0.102. The largest absolute Gasteiger partial charge is 0.298 e. The Morgan fingerprint density at radius 1 is 1.12 bits per heavy atom. The van der Waals surface area contributed by atoms with E-state index in [1.165, 1.54) is 41.7 Å². The summed E-state index contributed by atoms with van der Waals surface area (Å²) in [6.45, 7) is 0. The van der Waals surface area contributed by atoms with Crippen LogP contribution in [0.25, 0.3) is 10.2 Å². The van der Waals surface area contributed by atoms with Crippen LogP contribution in [-0.4, -0.2) is 25.6 Å². The third kappa shape index (κ3) is 3.70. The molecule has 0 spiro atoms. The SMILES string of the molecule is CS(=O)(=O)c1ccc2nc(NC(=O)c3cc(Cl)cc(Cl)c3)sc2c1. The Hall–Kier alpha value is -1.67. The zero-order valence-electron chi connectivity index (χ0n) is 12.2. The van der Waals surface area contributed by atoms with Crippen LogP contribution in [0.2, 0.25) is 10.0 Å². The van der Waals surface area contributed by atoms with Crippen LogP contribution >= 0.6 is 34.5 Å². The Morgan fingerprint density at radius 2 is 1.79 bits per heavy atom. The van der Waals surface area contributed by atoms with Crippen molar-refractivity contribution >= 4 is 65.6 Å². The van der Waals surface area contributed by atoms with Crippen molar-refractivity contribution in [2.75, 3.05) is 11.6 Å². The lowest BCUT2D eigenvalue weighted by Crippen LogP contribution is -2.11. The third-order valence-electron chi connectivity index (χ3n) is 3.13. The van der Waals surface area contributed by atoms with E-state index in [9.17, 15) is 13.2 Å². The van der Waals surface area contributed by atoms with Gasteiger partial charge in [-0.1, -0.05) is 34.5 Å². The molecule has 0 radical (unpaired) electrons. The number of aromatic nitrogens is 1. The van der Waals surface area contributed by atoms with Gasteiger partial charge in [-0.2, -0.15) is 0 Å². The van der Waals surface area contributed by atoms with E-state index in [4.69, 9.17) is 23.2 Å². The van der Waals surface area contributed by atoms with Crippen LogP contribution in [0, 0.1) is 0 Å². The van der Waals surface area contributed by atoms with E-state index in [2.05, 4.69) is 10.3 Å². The fourth-order valence-corrected chi connectivity index (χ4v) is 4.19. The highest BCUT2D eigenvalue weighted by atomic mass is 35.5. The van der Waals surface area contributed by atoms with Gasteiger partial charge >= 0.3 is 0 Å². The molecule has 0 atom stereocenters. The van der Waals surface area contributed by atoms with E-state index in [1.807, 2.05) is 0 Å². The number of nitrogens with one attached hydrogen (secondary N) is 1. The maximum Gasteiger partial charge on any atom is 0.257 e. The van der Waals surface area contributed by atoms with Gasteiger partial charge in [-0.3, -0.25) is 10.1 Å². The number of benzene rings is 2. The van der Waals surface area contributed by atoms with Gasteiger partial charge in [0.1, 0.15) is 0 Å². The van der Waals surface area contributed by atoms with Crippen LogP contribution in [0.1, 0.15) is 10.4 Å². The first-order chi connectivity index (χ1) is 11.2. The molecule has 9 heteroatoms. The van der Waals surface area contributed by atoms with E-state index in [1.54, 1.807) is 6.07 Å². The standard InChI is InChI=1S/C15H10Cl2N2O3S2/c1-24(21,22)11-2-3-12-13(7-11)23-15(18-12)19-14(20)8-4-9(16)6-10(17)5-8/h2-7H,1H3,(H,18,19,20). The van der Waals surface area contributed by atoms with Crippen molar-refractivity contribution in [3.05, 3.63) is 52.0 Å². The Labute approximate surface area is 152 Å². The second-order valence-corrected chi connectivity index (χ2v) is 8.95. The maximum absolute atomic E-state index is 12.3. The summed E-state index contributed by atoms with van der Waals surface area (Å²) in [4.78, 5) is 16.7. The van der Waals surface area contributed by atoms with Gasteiger partial charge in [-0.25, -0.2) is 13.4 Å². The number of nitrogens with zero attached hydrogens (tertiary/aromatic N) is 1. The van der Waals surface area contributed by atoms with Gasteiger partial charge in [0.15, 0.2) is 15.0 Å². The van der Waals surface area contributed by atoms with Crippen molar-refractivity contribution in [3.63, 3.8) is 0 Å². The average molecular weight is 401 g/mol. The quantitative estimate of drug-likeness (QED) is 0.712. The molecule has 5 nitrogen and oxygen atoms in total. The molecule has 124 valence electrons. The minimum absolute atomic E-state index is 0.207. The first-order valence-electron chi connectivity index (χ1n) is 6.60. The van der Waals surface area contributed by atoms with Crippen molar-refractivity contribution < 1.29 is 13.2 Å². The molecule has 2 aromatic carbocycles. The number of amides is 1. The van der Waals surface area contributed by atoms with Crippen LogP contribution in [0.5, 0.6) is 0 Å². The number of carbonyl (C=O) groups is 1. The second-order valence-electron chi connectivity index (χ2n) is 5.03. The monoisotopic (exact) mass is 400 g/mol. The maximum atomic E-state index is 12.3. The molecule has 0 unspecified atom stereocenters. The minimum Gasteiger partial charge on any atom is -0.298 e. The number of anilines is 1. The van der Waals surface area contributed by atoms with E-state index in [-0.39, 0.29) is 4.90 Å². The normalized spacial score (nSPS) is 11.6. The molecule has 0 fully saturated rings. The molecule has 3 aromatic rings. The number of rotatable bonds is 3. The summed E-state index contributed by atoms with van der Waals surface area (Å²) < 4.78 is 23.9. The second kappa shape index (κ2) is 6.33. The molecule has 0 bridgehead atoms. The van der Waals surface area contributed by atoms with Crippen LogP contribution in [0.15, 0.2) is 41.3 Å². The van der Waals surface area contributed by atoms with Crippen LogP contribution < -0.4 is 5.32 Å². The van der Waals surface area contributed by atoms with E-state index in [0.29, 0.717) is 31.0 Å². The summed E-state index contributed by atoms with van der Waals surface area (Å²) in [5, 5.41) is 3.73. The van der Waals surface area contributed by atoms with Crippen LogP contribution in [0.3, 0.4) is 0 Å².